The van der Waals surface area contributed by atoms with Crippen LogP contribution < -0.4 is 4.74 Å². The molecule has 0 N–H and O–H groups in total. The van der Waals surface area contributed by atoms with Crippen molar-refractivity contribution in [1.82, 2.24) is 0 Å². The van der Waals surface area contributed by atoms with Gasteiger partial charge in [0.05, 0.1) is 18.2 Å². The van der Waals surface area contributed by atoms with E-state index in [1.807, 2.05) is 0 Å². The fourth-order valence-corrected chi connectivity index (χ4v) is 3.15. The Labute approximate surface area is 147 Å². The molecule has 0 bridgehead atoms. The highest BCUT2D eigenvalue weighted by atomic mass is 35.5. The van der Waals surface area contributed by atoms with E-state index >= 15 is 0 Å². The van der Waals surface area contributed by atoms with Crippen LogP contribution in [-0.2, 0) is 4.74 Å². The van der Waals surface area contributed by atoms with E-state index in [1.165, 1.54) is 7.11 Å². The van der Waals surface area contributed by atoms with Crippen molar-refractivity contribution in [1.29, 1.82) is 0 Å². The van der Waals surface area contributed by atoms with Crippen LogP contribution in [0, 0.1) is 0 Å². The second-order valence-corrected chi connectivity index (χ2v) is 6.07. The number of esters is 1. The van der Waals surface area contributed by atoms with Crippen molar-refractivity contribution in [3.05, 3.63) is 57.7 Å². The number of alkyl halides is 3. The zero-order valence-corrected chi connectivity index (χ0v) is 14.0. The van der Waals surface area contributed by atoms with Gasteiger partial charge in [-0.05, 0) is 54.3 Å². The van der Waals surface area contributed by atoms with Crippen molar-refractivity contribution in [3.8, 4) is 5.75 Å². The Morgan fingerprint density at radius 1 is 1.28 bits per heavy atom. The third-order valence-corrected chi connectivity index (χ3v) is 4.49. The highest BCUT2D eigenvalue weighted by Crippen LogP contribution is 2.43. The Hall–Kier alpha value is -2.21. The zero-order valence-electron chi connectivity index (χ0n) is 13.2. The summed E-state index contributed by atoms with van der Waals surface area (Å²) in [4.78, 5) is 11.7. The van der Waals surface area contributed by atoms with Crippen LogP contribution >= 0.6 is 11.6 Å². The highest BCUT2D eigenvalue weighted by molar-refractivity contribution is 6.30. The fraction of sp³-hybridized carbons (Fsp3) is 0.278. The van der Waals surface area contributed by atoms with Gasteiger partial charge in [-0.3, -0.25) is 0 Å². The minimum absolute atomic E-state index is 0.118. The average Bonchev–Trinajstić information content (AvgIpc) is 2.59. The lowest BCUT2D eigenvalue weighted by Gasteiger charge is -2.24. The molecule has 1 aliphatic carbocycles. The Kier molecular flexibility index (Phi) is 4.64. The Morgan fingerprint density at radius 2 is 2.04 bits per heavy atom. The number of carbonyl (C=O) groups is 1. The summed E-state index contributed by atoms with van der Waals surface area (Å²) in [5.41, 5.74) is 1.19. The van der Waals surface area contributed by atoms with E-state index in [9.17, 15) is 18.0 Å². The molecule has 1 heterocycles. The zero-order chi connectivity index (χ0) is 18.2. The SMILES string of the molecule is COC(=O)c1ccc2c(c1)C(C1=CC(C(F)(F)F)=C(Cl)CC1)=CCO2. The van der Waals surface area contributed by atoms with Gasteiger partial charge >= 0.3 is 12.1 Å². The van der Waals surface area contributed by atoms with Crippen LogP contribution in [-0.4, -0.2) is 25.9 Å². The Morgan fingerprint density at radius 3 is 2.72 bits per heavy atom. The monoisotopic (exact) mass is 370 g/mol. The number of benzene rings is 1. The molecule has 3 rings (SSSR count). The van der Waals surface area contributed by atoms with E-state index in [-0.39, 0.29) is 18.1 Å². The first kappa shape index (κ1) is 17.6. The highest BCUT2D eigenvalue weighted by Gasteiger charge is 2.37. The van der Waals surface area contributed by atoms with Crippen LogP contribution in [0.3, 0.4) is 0 Å². The molecule has 0 unspecified atom stereocenters. The summed E-state index contributed by atoms with van der Waals surface area (Å²) >= 11 is 5.77. The molecule has 0 fully saturated rings. The molecule has 0 amide bonds. The molecule has 1 aromatic carbocycles. The number of hydrogen-bond donors (Lipinski definition) is 0. The van der Waals surface area contributed by atoms with Gasteiger partial charge in [0.1, 0.15) is 12.4 Å². The molecule has 7 heteroatoms. The summed E-state index contributed by atoms with van der Waals surface area (Å²) in [6, 6.07) is 4.74. The van der Waals surface area contributed by atoms with Gasteiger partial charge in [-0.1, -0.05) is 11.6 Å². The molecular formula is C18H14ClF3O3. The van der Waals surface area contributed by atoms with Gasteiger partial charge in [-0.2, -0.15) is 13.2 Å². The lowest BCUT2D eigenvalue weighted by atomic mass is 9.87. The molecule has 1 aliphatic heterocycles. The predicted molar refractivity (Wildman–Crippen MR) is 87.5 cm³/mol. The second kappa shape index (κ2) is 6.59. The molecule has 25 heavy (non-hydrogen) atoms. The summed E-state index contributed by atoms with van der Waals surface area (Å²) in [5, 5.41) is -0.188. The predicted octanol–water partition coefficient (Wildman–Crippen LogP) is 5.02. The molecule has 2 aliphatic rings. The van der Waals surface area contributed by atoms with Crippen molar-refractivity contribution in [2.75, 3.05) is 13.7 Å². The summed E-state index contributed by atoms with van der Waals surface area (Å²) in [5.74, 6) is -0.00969. The molecule has 1 aromatic rings. The quantitative estimate of drug-likeness (QED) is 0.685. The number of rotatable bonds is 2. The van der Waals surface area contributed by atoms with Crippen LogP contribution in [0.4, 0.5) is 13.2 Å². The molecule has 0 spiro atoms. The maximum atomic E-state index is 13.2. The summed E-state index contributed by atoms with van der Waals surface area (Å²) in [7, 11) is 1.26. The molecule has 3 nitrogen and oxygen atoms in total. The number of fused-ring (bicyclic) bond motifs is 1. The number of carbonyl (C=O) groups excluding carboxylic acids is 1. The lowest BCUT2D eigenvalue weighted by molar-refractivity contribution is -0.0889. The van der Waals surface area contributed by atoms with Crippen molar-refractivity contribution in [2.24, 2.45) is 0 Å². The second-order valence-electron chi connectivity index (χ2n) is 5.62. The first-order valence-corrected chi connectivity index (χ1v) is 7.91. The fourth-order valence-electron chi connectivity index (χ4n) is 2.89. The third kappa shape index (κ3) is 3.44. The van der Waals surface area contributed by atoms with Crippen LogP contribution in [0.2, 0.25) is 0 Å². The molecule has 132 valence electrons. The van der Waals surface area contributed by atoms with E-state index in [0.29, 0.717) is 34.4 Å². The van der Waals surface area contributed by atoms with Crippen LogP contribution in [0.15, 0.2) is 46.5 Å². The van der Waals surface area contributed by atoms with Crippen LogP contribution in [0.5, 0.6) is 5.75 Å². The minimum Gasteiger partial charge on any atom is -0.489 e. The van der Waals surface area contributed by atoms with Crippen LogP contribution in [0.1, 0.15) is 28.8 Å². The third-order valence-electron chi connectivity index (χ3n) is 4.09. The normalized spacial score (nSPS) is 17.3. The van der Waals surface area contributed by atoms with E-state index in [0.717, 1.165) is 6.08 Å². The Bertz CT molecular complexity index is 819. The van der Waals surface area contributed by atoms with Crippen molar-refractivity contribution in [2.45, 2.75) is 19.0 Å². The number of hydrogen-bond acceptors (Lipinski definition) is 3. The molecule has 0 saturated heterocycles. The van der Waals surface area contributed by atoms with E-state index in [1.54, 1.807) is 24.3 Å². The van der Waals surface area contributed by atoms with Gasteiger partial charge in [0, 0.05) is 10.6 Å². The standard InChI is InChI=1S/C18H14ClF3O3/c1-24-17(23)11-3-5-16-13(8-11)12(6-7-25-16)10-2-4-15(19)14(9-10)18(20,21)22/h3,5-6,8-9H,2,4,7H2,1H3. The van der Waals surface area contributed by atoms with Gasteiger partial charge < -0.3 is 9.47 Å². The van der Waals surface area contributed by atoms with E-state index < -0.39 is 17.7 Å². The molecule has 0 radical (unpaired) electrons. The van der Waals surface area contributed by atoms with Crippen LogP contribution in [0.25, 0.3) is 5.57 Å². The minimum atomic E-state index is -4.51. The molecule has 0 saturated carbocycles. The van der Waals surface area contributed by atoms with Crippen molar-refractivity contribution >= 4 is 23.1 Å². The maximum absolute atomic E-state index is 13.2. The molecule has 0 aromatic heterocycles. The topological polar surface area (TPSA) is 35.5 Å². The van der Waals surface area contributed by atoms with Crippen molar-refractivity contribution in [3.63, 3.8) is 0 Å². The number of methoxy groups -OCH3 is 1. The molecular weight excluding hydrogens is 357 g/mol. The first-order valence-electron chi connectivity index (χ1n) is 7.53. The Balaban J connectivity index is 2.06. The smallest absolute Gasteiger partial charge is 0.417 e. The van der Waals surface area contributed by atoms with Gasteiger partial charge in [0.15, 0.2) is 0 Å². The van der Waals surface area contributed by atoms with Gasteiger partial charge in [-0.15, -0.1) is 0 Å². The largest absolute Gasteiger partial charge is 0.489 e. The van der Waals surface area contributed by atoms with Gasteiger partial charge in [-0.25, -0.2) is 4.79 Å². The maximum Gasteiger partial charge on any atom is 0.417 e. The lowest BCUT2D eigenvalue weighted by Crippen LogP contribution is -2.16. The first-order chi connectivity index (χ1) is 11.8. The average molecular weight is 371 g/mol. The van der Waals surface area contributed by atoms with Gasteiger partial charge in [0.25, 0.3) is 0 Å². The summed E-state index contributed by atoms with van der Waals surface area (Å²) in [6.07, 6.45) is -1.22. The van der Waals surface area contributed by atoms with E-state index in [2.05, 4.69) is 0 Å². The van der Waals surface area contributed by atoms with Gasteiger partial charge in [0.2, 0.25) is 0 Å². The van der Waals surface area contributed by atoms with E-state index in [4.69, 9.17) is 21.1 Å². The number of allylic oxidation sites excluding steroid dienone is 5. The number of halogens is 4. The molecule has 0 atom stereocenters. The number of ether oxygens (including phenoxy) is 2. The van der Waals surface area contributed by atoms with Crippen molar-refractivity contribution < 1.29 is 27.4 Å². The summed E-state index contributed by atoms with van der Waals surface area (Å²) in [6.45, 7) is 0.246. The summed E-state index contributed by atoms with van der Waals surface area (Å²) < 4.78 is 49.7.